The molecule has 0 saturated heterocycles. The SMILES string of the molecule is CCOC(=O)c1ccc(OC(=O)c2ccc(Cl)c(Cl)c2)c(Cl)c1. The van der Waals surface area contributed by atoms with E-state index in [2.05, 4.69) is 0 Å². The second kappa shape index (κ2) is 7.68. The third kappa shape index (κ3) is 4.38. The summed E-state index contributed by atoms with van der Waals surface area (Å²) in [6, 6.07) is 8.62. The highest BCUT2D eigenvalue weighted by Gasteiger charge is 2.15. The first-order valence-corrected chi connectivity index (χ1v) is 7.69. The molecule has 2 rings (SSSR count). The molecule has 0 aromatic heterocycles. The van der Waals surface area contributed by atoms with Crippen LogP contribution in [0.5, 0.6) is 5.75 Å². The van der Waals surface area contributed by atoms with Gasteiger partial charge < -0.3 is 9.47 Å². The highest BCUT2D eigenvalue weighted by atomic mass is 35.5. The zero-order valence-electron chi connectivity index (χ0n) is 11.9. The van der Waals surface area contributed by atoms with E-state index in [1.165, 1.54) is 36.4 Å². The van der Waals surface area contributed by atoms with E-state index in [-0.39, 0.29) is 33.5 Å². The standard InChI is InChI=1S/C16H11Cl3O4/c1-2-22-15(20)9-4-6-14(13(19)8-9)23-16(21)10-3-5-11(17)12(18)7-10/h3-8H,2H2,1H3. The van der Waals surface area contributed by atoms with Crippen molar-refractivity contribution in [3.05, 3.63) is 62.6 Å². The molecule has 7 heteroatoms. The molecule has 2 aromatic rings. The van der Waals surface area contributed by atoms with Crippen molar-refractivity contribution in [3.63, 3.8) is 0 Å². The molecular formula is C16H11Cl3O4. The normalized spacial score (nSPS) is 10.3. The van der Waals surface area contributed by atoms with E-state index in [4.69, 9.17) is 44.3 Å². The van der Waals surface area contributed by atoms with Gasteiger partial charge in [-0.2, -0.15) is 0 Å². The Morgan fingerprint density at radius 2 is 1.48 bits per heavy atom. The van der Waals surface area contributed by atoms with Crippen LogP contribution in [0.4, 0.5) is 0 Å². The van der Waals surface area contributed by atoms with Crippen LogP contribution in [-0.4, -0.2) is 18.5 Å². The van der Waals surface area contributed by atoms with Crippen molar-refractivity contribution in [1.82, 2.24) is 0 Å². The average molecular weight is 374 g/mol. The number of carbonyl (C=O) groups excluding carboxylic acids is 2. The zero-order valence-corrected chi connectivity index (χ0v) is 14.2. The first-order valence-electron chi connectivity index (χ1n) is 6.56. The summed E-state index contributed by atoms with van der Waals surface area (Å²) in [5, 5.41) is 0.689. The van der Waals surface area contributed by atoms with Crippen LogP contribution in [0, 0.1) is 0 Å². The Labute approximate surface area is 147 Å². The van der Waals surface area contributed by atoms with Gasteiger partial charge in [0, 0.05) is 0 Å². The van der Waals surface area contributed by atoms with Crippen LogP contribution in [0.1, 0.15) is 27.6 Å². The predicted molar refractivity (Wildman–Crippen MR) is 88.8 cm³/mol. The molecule has 0 heterocycles. The number of esters is 2. The largest absolute Gasteiger partial charge is 0.462 e. The van der Waals surface area contributed by atoms with Gasteiger partial charge in [-0.25, -0.2) is 9.59 Å². The number of benzene rings is 2. The molecule has 0 N–H and O–H groups in total. The third-order valence-corrected chi connectivity index (χ3v) is 3.84. The van der Waals surface area contributed by atoms with Crippen molar-refractivity contribution in [2.24, 2.45) is 0 Å². The quantitative estimate of drug-likeness (QED) is 0.556. The lowest BCUT2D eigenvalue weighted by Crippen LogP contribution is -2.09. The molecule has 120 valence electrons. The van der Waals surface area contributed by atoms with Gasteiger partial charge in [0.1, 0.15) is 5.75 Å². The molecule has 2 aromatic carbocycles. The van der Waals surface area contributed by atoms with Crippen LogP contribution in [0.25, 0.3) is 0 Å². The Morgan fingerprint density at radius 1 is 0.870 bits per heavy atom. The van der Waals surface area contributed by atoms with Crippen LogP contribution in [0.3, 0.4) is 0 Å². The minimum Gasteiger partial charge on any atom is -0.462 e. The molecular weight excluding hydrogens is 363 g/mol. The van der Waals surface area contributed by atoms with Crippen molar-refractivity contribution in [2.75, 3.05) is 6.61 Å². The summed E-state index contributed by atoms with van der Waals surface area (Å²) in [6.07, 6.45) is 0. The maximum absolute atomic E-state index is 12.1. The third-order valence-electron chi connectivity index (χ3n) is 2.80. The Kier molecular flexibility index (Phi) is 5.88. The predicted octanol–water partition coefficient (Wildman–Crippen LogP) is 5.04. The maximum Gasteiger partial charge on any atom is 0.343 e. The van der Waals surface area contributed by atoms with Crippen molar-refractivity contribution >= 4 is 46.7 Å². The van der Waals surface area contributed by atoms with E-state index in [0.29, 0.717) is 5.02 Å². The molecule has 0 unspecified atom stereocenters. The van der Waals surface area contributed by atoms with Gasteiger partial charge in [-0.3, -0.25) is 0 Å². The van der Waals surface area contributed by atoms with Gasteiger partial charge in [0.25, 0.3) is 0 Å². The van der Waals surface area contributed by atoms with E-state index in [1.54, 1.807) is 6.92 Å². The van der Waals surface area contributed by atoms with Crippen molar-refractivity contribution in [2.45, 2.75) is 6.92 Å². The van der Waals surface area contributed by atoms with Crippen LogP contribution >= 0.6 is 34.8 Å². The second-order valence-corrected chi connectivity index (χ2v) is 5.61. The summed E-state index contributed by atoms with van der Waals surface area (Å²) in [5.41, 5.74) is 0.496. The fourth-order valence-corrected chi connectivity index (χ4v) is 2.22. The molecule has 23 heavy (non-hydrogen) atoms. The van der Waals surface area contributed by atoms with Crippen molar-refractivity contribution in [3.8, 4) is 5.75 Å². The summed E-state index contributed by atoms with van der Waals surface area (Å²) in [6.45, 7) is 1.96. The van der Waals surface area contributed by atoms with Gasteiger partial charge >= 0.3 is 11.9 Å². The number of hydrogen-bond donors (Lipinski definition) is 0. The smallest absolute Gasteiger partial charge is 0.343 e. The minimum atomic E-state index is -0.644. The lowest BCUT2D eigenvalue weighted by Gasteiger charge is -2.08. The molecule has 0 aliphatic carbocycles. The molecule has 0 aliphatic heterocycles. The highest BCUT2D eigenvalue weighted by Crippen LogP contribution is 2.28. The minimum absolute atomic E-state index is 0.115. The van der Waals surface area contributed by atoms with Gasteiger partial charge in [-0.15, -0.1) is 0 Å². The zero-order chi connectivity index (χ0) is 17.0. The first kappa shape index (κ1) is 17.6. The lowest BCUT2D eigenvalue weighted by atomic mass is 10.2. The van der Waals surface area contributed by atoms with E-state index >= 15 is 0 Å². The maximum atomic E-state index is 12.1. The Hall–Kier alpha value is -1.75. The number of hydrogen-bond acceptors (Lipinski definition) is 4. The Bertz CT molecular complexity index is 759. The van der Waals surface area contributed by atoms with Gasteiger partial charge in [-0.05, 0) is 43.3 Å². The van der Waals surface area contributed by atoms with E-state index in [0.717, 1.165) is 0 Å². The molecule has 0 atom stereocenters. The van der Waals surface area contributed by atoms with Crippen LogP contribution in [0.2, 0.25) is 15.1 Å². The Morgan fingerprint density at radius 3 is 2.09 bits per heavy atom. The topological polar surface area (TPSA) is 52.6 Å². The van der Waals surface area contributed by atoms with Crippen molar-refractivity contribution < 1.29 is 19.1 Å². The highest BCUT2D eigenvalue weighted by molar-refractivity contribution is 6.42. The molecule has 0 aliphatic rings. The van der Waals surface area contributed by atoms with Gasteiger partial charge in [0.2, 0.25) is 0 Å². The molecule has 4 nitrogen and oxygen atoms in total. The molecule has 0 amide bonds. The van der Waals surface area contributed by atoms with E-state index in [9.17, 15) is 9.59 Å². The lowest BCUT2D eigenvalue weighted by molar-refractivity contribution is 0.0526. The fourth-order valence-electron chi connectivity index (χ4n) is 1.71. The molecule has 0 spiro atoms. The number of ether oxygens (including phenoxy) is 2. The van der Waals surface area contributed by atoms with Crippen LogP contribution in [0.15, 0.2) is 36.4 Å². The van der Waals surface area contributed by atoms with E-state index in [1.807, 2.05) is 0 Å². The van der Waals surface area contributed by atoms with Gasteiger partial charge in [0.15, 0.2) is 0 Å². The number of rotatable bonds is 4. The first-order chi connectivity index (χ1) is 10.9. The fraction of sp³-hybridized carbons (Fsp3) is 0.125. The summed E-state index contributed by atoms with van der Waals surface area (Å²) >= 11 is 17.7. The van der Waals surface area contributed by atoms with E-state index < -0.39 is 11.9 Å². The molecule has 0 radical (unpaired) electrons. The summed E-state index contributed by atoms with van der Waals surface area (Å²) in [5.74, 6) is -1.03. The molecule has 0 bridgehead atoms. The van der Waals surface area contributed by atoms with Crippen molar-refractivity contribution in [1.29, 1.82) is 0 Å². The van der Waals surface area contributed by atoms with Gasteiger partial charge in [-0.1, -0.05) is 34.8 Å². The van der Waals surface area contributed by atoms with Crippen LogP contribution in [-0.2, 0) is 4.74 Å². The van der Waals surface area contributed by atoms with Gasteiger partial charge in [0.05, 0.1) is 32.8 Å². The Balaban J connectivity index is 2.18. The summed E-state index contributed by atoms with van der Waals surface area (Å²) < 4.78 is 10.1. The average Bonchev–Trinajstić information content (AvgIpc) is 2.52. The van der Waals surface area contributed by atoms with Crippen LogP contribution < -0.4 is 4.74 Å². The monoisotopic (exact) mass is 372 g/mol. The summed E-state index contributed by atoms with van der Waals surface area (Å²) in [4.78, 5) is 23.7. The second-order valence-electron chi connectivity index (χ2n) is 4.38. The summed E-state index contributed by atoms with van der Waals surface area (Å²) in [7, 11) is 0. The number of carbonyl (C=O) groups is 2. The molecule has 0 fully saturated rings. The number of halogens is 3. The molecule has 0 saturated carbocycles.